The molecule has 1 aromatic carbocycles. The van der Waals surface area contributed by atoms with Crippen molar-refractivity contribution in [2.24, 2.45) is 11.8 Å². The van der Waals surface area contributed by atoms with Crippen LogP contribution in [0, 0.1) is 11.7 Å². The number of hydrogen-bond acceptors (Lipinski definition) is 4. The minimum absolute atomic E-state index is 0.0117. The lowest BCUT2D eigenvalue weighted by Gasteiger charge is -2.26. The summed E-state index contributed by atoms with van der Waals surface area (Å²) in [5.41, 5.74) is 3.77. The molecule has 0 spiro atoms. The monoisotopic (exact) mass is 268 g/mol. The summed E-state index contributed by atoms with van der Waals surface area (Å²) in [5.74, 6) is 6.13. The van der Waals surface area contributed by atoms with Gasteiger partial charge in [0, 0.05) is 19.3 Å². The average Bonchev–Trinajstić information content (AvgIpc) is 2.46. The van der Waals surface area contributed by atoms with Crippen molar-refractivity contribution in [3.63, 3.8) is 0 Å². The van der Waals surface area contributed by atoms with Crippen LogP contribution in [0.2, 0.25) is 0 Å². The summed E-state index contributed by atoms with van der Waals surface area (Å²) in [6.45, 7) is 1.63. The Kier molecular flexibility index (Phi) is 5.13. The van der Waals surface area contributed by atoms with E-state index in [-0.39, 0.29) is 17.6 Å². The number of methoxy groups -OCH3 is 1. The molecule has 1 fully saturated rings. The molecule has 3 N–H and O–H groups in total. The van der Waals surface area contributed by atoms with Crippen LogP contribution >= 0.6 is 0 Å². The Labute approximate surface area is 113 Å². The van der Waals surface area contributed by atoms with Crippen LogP contribution in [0.3, 0.4) is 0 Å². The van der Waals surface area contributed by atoms with E-state index in [1.54, 1.807) is 12.1 Å². The van der Waals surface area contributed by atoms with E-state index in [0.29, 0.717) is 5.92 Å². The van der Waals surface area contributed by atoms with E-state index in [9.17, 15) is 4.39 Å². The first-order chi connectivity index (χ1) is 9.24. The maximum atomic E-state index is 13.4. The van der Waals surface area contributed by atoms with Crippen LogP contribution in [-0.2, 0) is 4.74 Å². The Hall–Kier alpha value is -1.17. The molecular formula is C14H21FN2O2. The van der Waals surface area contributed by atoms with Crippen molar-refractivity contribution in [1.82, 2.24) is 5.43 Å². The fraction of sp³-hybridized carbons (Fsp3) is 0.571. The Balaban J connectivity index is 2.07. The highest BCUT2D eigenvalue weighted by Gasteiger charge is 2.20. The van der Waals surface area contributed by atoms with Crippen LogP contribution in [0.25, 0.3) is 0 Å². The van der Waals surface area contributed by atoms with Crippen LogP contribution in [-0.4, -0.2) is 20.3 Å². The van der Waals surface area contributed by atoms with Crippen molar-refractivity contribution in [2.45, 2.75) is 25.3 Å². The van der Waals surface area contributed by atoms with Gasteiger partial charge in [0.25, 0.3) is 0 Å². The van der Waals surface area contributed by atoms with E-state index >= 15 is 0 Å². The summed E-state index contributed by atoms with van der Waals surface area (Å²) in [6.07, 6.45) is 3.03. The van der Waals surface area contributed by atoms with E-state index < -0.39 is 0 Å². The molecule has 106 valence electrons. The second kappa shape index (κ2) is 6.84. The highest BCUT2D eigenvalue weighted by Crippen LogP contribution is 2.29. The molecular weight excluding hydrogens is 247 g/mol. The molecule has 0 bridgehead atoms. The first-order valence-electron chi connectivity index (χ1n) is 6.62. The second-order valence-electron chi connectivity index (χ2n) is 4.90. The summed E-state index contributed by atoms with van der Waals surface area (Å²) in [7, 11) is 1.46. The number of ether oxygens (including phenoxy) is 2. The summed E-state index contributed by atoms with van der Waals surface area (Å²) in [4.78, 5) is 0. The Morgan fingerprint density at radius 1 is 1.47 bits per heavy atom. The largest absolute Gasteiger partial charge is 0.494 e. The Morgan fingerprint density at radius 2 is 2.21 bits per heavy atom. The van der Waals surface area contributed by atoms with Gasteiger partial charge in [0.2, 0.25) is 0 Å². The molecule has 1 heterocycles. The van der Waals surface area contributed by atoms with Gasteiger partial charge in [-0.1, -0.05) is 6.07 Å². The number of hydrogen-bond donors (Lipinski definition) is 2. The van der Waals surface area contributed by atoms with Crippen molar-refractivity contribution in [2.75, 3.05) is 20.3 Å². The third-order valence-electron chi connectivity index (χ3n) is 3.69. The topological polar surface area (TPSA) is 56.5 Å². The lowest BCUT2D eigenvalue weighted by atomic mass is 9.89. The standard InChI is InChI=1S/C14H21FN2O2/c1-18-14-9-11(2-3-12(14)15)13(17-16)8-10-4-6-19-7-5-10/h2-3,9-10,13,17H,4-8,16H2,1H3. The Bertz CT molecular complexity index is 408. The molecule has 2 rings (SSSR count). The predicted molar refractivity (Wildman–Crippen MR) is 71.2 cm³/mol. The van der Waals surface area contributed by atoms with Crippen molar-refractivity contribution < 1.29 is 13.9 Å². The average molecular weight is 268 g/mol. The van der Waals surface area contributed by atoms with Gasteiger partial charge in [0.15, 0.2) is 11.6 Å². The van der Waals surface area contributed by atoms with Crippen molar-refractivity contribution in [1.29, 1.82) is 0 Å². The molecule has 1 aromatic rings. The minimum Gasteiger partial charge on any atom is -0.494 e. The van der Waals surface area contributed by atoms with Gasteiger partial charge < -0.3 is 9.47 Å². The molecule has 1 saturated heterocycles. The van der Waals surface area contributed by atoms with E-state index in [0.717, 1.165) is 38.0 Å². The van der Waals surface area contributed by atoms with E-state index in [1.165, 1.54) is 13.2 Å². The molecule has 0 amide bonds. The summed E-state index contributed by atoms with van der Waals surface area (Å²) < 4.78 is 23.8. The fourth-order valence-corrected chi connectivity index (χ4v) is 2.51. The van der Waals surface area contributed by atoms with Crippen LogP contribution in [0.4, 0.5) is 4.39 Å². The highest BCUT2D eigenvalue weighted by molar-refractivity contribution is 5.32. The van der Waals surface area contributed by atoms with Crippen LogP contribution in [0.5, 0.6) is 5.75 Å². The van der Waals surface area contributed by atoms with Gasteiger partial charge in [-0.15, -0.1) is 0 Å². The number of benzene rings is 1. The molecule has 19 heavy (non-hydrogen) atoms. The van der Waals surface area contributed by atoms with Crippen LogP contribution in [0.1, 0.15) is 30.9 Å². The predicted octanol–water partition coefficient (Wildman–Crippen LogP) is 2.16. The van der Waals surface area contributed by atoms with Gasteiger partial charge in [-0.05, 0) is 42.9 Å². The fourth-order valence-electron chi connectivity index (χ4n) is 2.51. The van der Waals surface area contributed by atoms with E-state index in [1.807, 2.05) is 0 Å². The third kappa shape index (κ3) is 3.65. The molecule has 0 saturated carbocycles. The smallest absolute Gasteiger partial charge is 0.165 e. The number of rotatable bonds is 5. The maximum absolute atomic E-state index is 13.4. The van der Waals surface area contributed by atoms with Crippen molar-refractivity contribution in [3.05, 3.63) is 29.6 Å². The molecule has 1 atom stereocenters. The number of nitrogens with one attached hydrogen (secondary N) is 1. The highest BCUT2D eigenvalue weighted by atomic mass is 19.1. The zero-order chi connectivity index (χ0) is 13.7. The van der Waals surface area contributed by atoms with Crippen molar-refractivity contribution in [3.8, 4) is 5.75 Å². The molecule has 5 heteroatoms. The molecule has 1 aliphatic heterocycles. The number of hydrazine groups is 1. The van der Waals surface area contributed by atoms with Crippen LogP contribution < -0.4 is 16.0 Å². The van der Waals surface area contributed by atoms with Crippen LogP contribution in [0.15, 0.2) is 18.2 Å². The van der Waals surface area contributed by atoms with E-state index in [2.05, 4.69) is 5.43 Å². The summed E-state index contributed by atoms with van der Waals surface area (Å²) in [6, 6.07) is 4.89. The molecule has 0 aliphatic carbocycles. The normalized spacial score (nSPS) is 18.3. The number of nitrogens with two attached hydrogens (primary N) is 1. The van der Waals surface area contributed by atoms with Gasteiger partial charge in [-0.25, -0.2) is 4.39 Å². The van der Waals surface area contributed by atoms with Gasteiger partial charge in [0.05, 0.1) is 7.11 Å². The van der Waals surface area contributed by atoms with Gasteiger partial charge in [-0.2, -0.15) is 0 Å². The lowest BCUT2D eigenvalue weighted by Crippen LogP contribution is -2.31. The van der Waals surface area contributed by atoms with E-state index in [4.69, 9.17) is 15.3 Å². The molecule has 4 nitrogen and oxygen atoms in total. The van der Waals surface area contributed by atoms with Gasteiger partial charge in [0.1, 0.15) is 0 Å². The SMILES string of the molecule is COc1cc(C(CC2CCOCC2)NN)ccc1F. The zero-order valence-electron chi connectivity index (χ0n) is 11.2. The van der Waals surface area contributed by atoms with Gasteiger partial charge >= 0.3 is 0 Å². The maximum Gasteiger partial charge on any atom is 0.165 e. The zero-order valence-corrected chi connectivity index (χ0v) is 11.2. The first-order valence-corrected chi connectivity index (χ1v) is 6.62. The molecule has 0 radical (unpaired) electrons. The molecule has 1 unspecified atom stereocenters. The summed E-state index contributed by atoms with van der Waals surface area (Å²) >= 11 is 0. The molecule has 1 aliphatic rings. The molecule has 0 aromatic heterocycles. The number of halogens is 1. The van der Waals surface area contributed by atoms with Crippen molar-refractivity contribution >= 4 is 0 Å². The Morgan fingerprint density at radius 3 is 2.84 bits per heavy atom. The summed E-state index contributed by atoms with van der Waals surface area (Å²) in [5, 5.41) is 0. The second-order valence-corrected chi connectivity index (χ2v) is 4.90. The first kappa shape index (κ1) is 14.2. The minimum atomic E-state index is -0.354. The van der Waals surface area contributed by atoms with Gasteiger partial charge in [-0.3, -0.25) is 11.3 Å². The lowest BCUT2D eigenvalue weighted by molar-refractivity contribution is 0.0605. The third-order valence-corrected chi connectivity index (χ3v) is 3.69. The quantitative estimate of drug-likeness (QED) is 0.634.